The number of rotatable bonds is 2. The lowest BCUT2D eigenvalue weighted by Gasteiger charge is -2.30. The molecule has 24 heavy (non-hydrogen) atoms. The van der Waals surface area contributed by atoms with Crippen molar-refractivity contribution in [3.8, 4) is 11.5 Å². The van der Waals surface area contributed by atoms with Crippen LogP contribution in [0.2, 0.25) is 0 Å². The number of phenolic OH excluding ortho intramolecular Hbond substituents is 2. The van der Waals surface area contributed by atoms with Crippen molar-refractivity contribution in [3.63, 3.8) is 0 Å². The fourth-order valence-electron chi connectivity index (χ4n) is 3.26. The molecule has 0 bridgehead atoms. The van der Waals surface area contributed by atoms with E-state index in [0.29, 0.717) is 22.3 Å². The van der Waals surface area contributed by atoms with Gasteiger partial charge in [-0.2, -0.15) is 0 Å². The van der Waals surface area contributed by atoms with Crippen LogP contribution in [0.25, 0.3) is 0 Å². The Kier molecular flexibility index (Phi) is 3.06. The lowest BCUT2D eigenvalue weighted by atomic mass is 9.80. The molecule has 1 heterocycles. The molecule has 0 unspecified atom stereocenters. The van der Waals surface area contributed by atoms with Crippen LogP contribution in [-0.2, 0) is 10.3 Å². The summed E-state index contributed by atoms with van der Waals surface area (Å²) < 4.78 is 5.84. The van der Waals surface area contributed by atoms with Crippen LogP contribution in [-0.4, -0.2) is 16.2 Å². The zero-order valence-electron chi connectivity index (χ0n) is 12.6. The van der Waals surface area contributed by atoms with E-state index in [9.17, 15) is 15.0 Å². The fourth-order valence-corrected chi connectivity index (χ4v) is 3.26. The average molecular weight is 318 g/mol. The third kappa shape index (κ3) is 1.97. The highest BCUT2D eigenvalue weighted by Crippen LogP contribution is 2.47. The first-order chi connectivity index (χ1) is 11.6. The smallest absolute Gasteiger partial charge is 0.340 e. The number of hydrogen-bond donors (Lipinski definition) is 2. The van der Waals surface area contributed by atoms with E-state index in [-0.39, 0.29) is 11.5 Å². The van der Waals surface area contributed by atoms with Gasteiger partial charge < -0.3 is 14.9 Å². The number of fused-ring (bicyclic) bond motifs is 1. The predicted molar refractivity (Wildman–Crippen MR) is 88.0 cm³/mol. The molecule has 0 saturated carbocycles. The van der Waals surface area contributed by atoms with Crippen molar-refractivity contribution in [3.05, 3.63) is 95.1 Å². The normalized spacial score (nSPS) is 14.9. The second-order valence-electron chi connectivity index (χ2n) is 5.72. The summed E-state index contributed by atoms with van der Waals surface area (Å²) in [6.45, 7) is 0. The van der Waals surface area contributed by atoms with Gasteiger partial charge in [-0.3, -0.25) is 0 Å². The zero-order chi connectivity index (χ0) is 16.7. The Morgan fingerprint density at radius 2 is 1.33 bits per heavy atom. The molecule has 0 aliphatic carbocycles. The van der Waals surface area contributed by atoms with Gasteiger partial charge in [0.15, 0.2) is 5.60 Å². The van der Waals surface area contributed by atoms with Crippen LogP contribution >= 0.6 is 0 Å². The largest absolute Gasteiger partial charge is 0.508 e. The molecule has 3 aromatic carbocycles. The quantitative estimate of drug-likeness (QED) is 0.709. The van der Waals surface area contributed by atoms with Gasteiger partial charge in [0, 0.05) is 16.7 Å². The summed E-state index contributed by atoms with van der Waals surface area (Å²) in [7, 11) is 0. The molecule has 3 aromatic rings. The number of esters is 1. The number of benzene rings is 3. The fraction of sp³-hybridized carbons (Fsp3) is 0.0500. The summed E-state index contributed by atoms with van der Waals surface area (Å²) in [6, 6.07) is 20.4. The number of cyclic esters (lactones) is 1. The van der Waals surface area contributed by atoms with Crippen LogP contribution in [0.5, 0.6) is 11.5 Å². The topological polar surface area (TPSA) is 66.8 Å². The molecule has 0 fully saturated rings. The van der Waals surface area contributed by atoms with Crippen LogP contribution in [0.1, 0.15) is 27.0 Å². The summed E-state index contributed by atoms with van der Waals surface area (Å²) in [5.41, 5.74) is 1.19. The summed E-state index contributed by atoms with van der Waals surface area (Å²) >= 11 is 0. The van der Waals surface area contributed by atoms with Crippen molar-refractivity contribution in [2.24, 2.45) is 0 Å². The van der Waals surface area contributed by atoms with Crippen LogP contribution in [0.15, 0.2) is 72.8 Å². The van der Waals surface area contributed by atoms with Gasteiger partial charge in [0.25, 0.3) is 0 Å². The molecule has 1 aliphatic rings. The second-order valence-corrected chi connectivity index (χ2v) is 5.72. The number of carbonyl (C=O) groups is 1. The number of aromatic hydroxyl groups is 2. The first-order valence-electron chi connectivity index (χ1n) is 7.53. The van der Waals surface area contributed by atoms with E-state index in [1.54, 1.807) is 60.7 Å². The Labute approximate surface area is 138 Å². The van der Waals surface area contributed by atoms with E-state index in [0.717, 1.165) is 0 Å². The highest BCUT2D eigenvalue weighted by molar-refractivity contribution is 5.96. The molecule has 0 saturated heterocycles. The van der Waals surface area contributed by atoms with Crippen LogP contribution in [0, 0.1) is 0 Å². The molecule has 4 nitrogen and oxygen atoms in total. The lowest BCUT2D eigenvalue weighted by molar-refractivity contribution is 0.0250. The molecule has 0 aromatic heterocycles. The number of ether oxygens (including phenoxy) is 1. The summed E-state index contributed by atoms with van der Waals surface area (Å²) in [5.74, 6) is -0.280. The van der Waals surface area contributed by atoms with Crippen molar-refractivity contribution in [2.75, 3.05) is 0 Å². The molecule has 4 heteroatoms. The molecule has 118 valence electrons. The minimum Gasteiger partial charge on any atom is -0.508 e. The van der Waals surface area contributed by atoms with Gasteiger partial charge in [-0.1, -0.05) is 42.5 Å². The summed E-state index contributed by atoms with van der Waals surface area (Å²) in [4.78, 5) is 12.5. The Hall–Kier alpha value is -3.27. The standard InChI is InChI=1S/C20H14O4/c21-15-7-3-5-13(11-15)20(14-6-4-8-16(22)12-14)18-10-2-1-9-17(18)19(23)24-20/h1-12,21-22H. The molecule has 0 radical (unpaired) electrons. The van der Waals surface area contributed by atoms with Crippen molar-refractivity contribution in [2.45, 2.75) is 5.60 Å². The van der Waals surface area contributed by atoms with E-state index in [1.165, 1.54) is 0 Å². The van der Waals surface area contributed by atoms with Crippen LogP contribution in [0.3, 0.4) is 0 Å². The number of carbonyl (C=O) groups excluding carboxylic acids is 1. The molecule has 0 spiro atoms. The van der Waals surface area contributed by atoms with Crippen molar-refractivity contribution in [1.82, 2.24) is 0 Å². The van der Waals surface area contributed by atoms with Crippen LogP contribution < -0.4 is 0 Å². The van der Waals surface area contributed by atoms with E-state index in [1.807, 2.05) is 12.1 Å². The van der Waals surface area contributed by atoms with Gasteiger partial charge in [-0.25, -0.2) is 4.79 Å². The van der Waals surface area contributed by atoms with Crippen molar-refractivity contribution >= 4 is 5.97 Å². The minimum atomic E-state index is -1.20. The van der Waals surface area contributed by atoms with E-state index in [2.05, 4.69) is 0 Å². The maximum Gasteiger partial charge on any atom is 0.340 e. The molecule has 0 atom stereocenters. The maximum atomic E-state index is 12.5. The van der Waals surface area contributed by atoms with Crippen molar-refractivity contribution < 1.29 is 19.7 Å². The molecule has 2 N–H and O–H groups in total. The van der Waals surface area contributed by atoms with E-state index in [4.69, 9.17) is 4.74 Å². The molecular weight excluding hydrogens is 304 g/mol. The Balaban J connectivity index is 2.08. The molecule has 1 aliphatic heterocycles. The first-order valence-corrected chi connectivity index (χ1v) is 7.53. The Morgan fingerprint density at radius 3 is 1.92 bits per heavy atom. The SMILES string of the molecule is O=C1OC(c2cccc(O)c2)(c2cccc(O)c2)c2ccccc21. The Morgan fingerprint density at radius 1 is 0.750 bits per heavy atom. The number of phenols is 2. The summed E-state index contributed by atoms with van der Waals surface area (Å²) in [6.07, 6.45) is 0. The minimum absolute atomic E-state index is 0.0764. The van der Waals surface area contributed by atoms with Crippen molar-refractivity contribution in [1.29, 1.82) is 0 Å². The van der Waals surface area contributed by atoms with Gasteiger partial charge in [-0.15, -0.1) is 0 Å². The number of hydrogen-bond acceptors (Lipinski definition) is 4. The van der Waals surface area contributed by atoms with Gasteiger partial charge >= 0.3 is 5.97 Å². The second kappa shape index (κ2) is 5.13. The van der Waals surface area contributed by atoms with Crippen LogP contribution in [0.4, 0.5) is 0 Å². The lowest BCUT2D eigenvalue weighted by Crippen LogP contribution is -2.29. The zero-order valence-corrected chi connectivity index (χ0v) is 12.6. The van der Waals surface area contributed by atoms with Gasteiger partial charge in [0.05, 0.1) is 5.56 Å². The van der Waals surface area contributed by atoms with Gasteiger partial charge in [0.2, 0.25) is 0 Å². The highest BCUT2D eigenvalue weighted by Gasteiger charge is 2.48. The monoisotopic (exact) mass is 318 g/mol. The third-order valence-corrected chi connectivity index (χ3v) is 4.28. The highest BCUT2D eigenvalue weighted by atomic mass is 16.6. The van der Waals surface area contributed by atoms with Gasteiger partial charge in [0.1, 0.15) is 11.5 Å². The first kappa shape index (κ1) is 14.3. The molecular formula is C20H14O4. The Bertz CT molecular complexity index is 900. The van der Waals surface area contributed by atoms with E-state index < -0.39 is 11.6 Å². The maximum absolute atomic E-state index is 12.5. The third-order valence-electron chi connectivity index (χ3n) is 4.28. The van der Waals surface area contributed by atoms with Gasteiger partial charge in [-0.05, 0) is 30.3 Å². The molecule has 4 rings (SSSR count). The predicted octanol–water partition coefficient (Wildman–Crippen LogP) is 3.56. The average Bonchev–Trinajstić information content (AvgIpc) is 2.89. The van der Waals surface area contributed by atoms with E-state index >= 15 is 0 Å². The summed E-state index contributed by atoms with van der Waals surface area (Å²) in [5, 5.41) is 19.8. The molecule has 0 amide bonds.